The Hall–Kier alpha value is -0.460. The van der Waals surface area contributed by atoms with Gasteiger partial charge in [0.15, 0.2) is 0 Å². The summed E-state index contributed by atoms with van der Waals surface area (Å²) in [7, 11) is -0.507. The molecule has 0 bridgehead atoms. The molecule has 0 fully saturated rings. The maximum absolute atomic E-state index is 11.8. The summed E-state index contributed by atoms with van der Waals surface area (Å²) in [5, 5.41) is 0. The van der Waals surface area contributed by atoms with Gasteiger partial charge in [-0.2, -0.15) is 22.0 Å². The standard InChI is InChI=1S/C5H6F5O3P/c1-11-14(12-2)13-3(4(6)7)5(8,9)10/h1-2H3. The summed E-state index contributed by atoms with van der Waals surface area (Å²) < 4.78 is 71.3. The van der Waals surface area contributed by atoms with Crippen LogP contribution in [-0.4, -0.2) is 20.4 Å². The first-order chi connectivity index (χ1) is 6.32. The summed E-state index contributed by atoms with van der Waals surface area (Å²) in [5.74, 6) is -2.40. The second-order valence-electron chi connectivity index (χ2n) is 1.77. The van der Waals surface area contributed by atoms with Gasteiger partial charge < -0.3 is 13.6 Å². The SMILES string of the molecule is COP(OC)OC(=C(F)F)C(F)(F)F. The van der Waals surface area contributed by atoms with E-state index in [1.54, 1.807) is 0 Å². The van der Waals surface area contributed by atoms with Crippen LogP contribution >= 0.6 is 8.60 Å². The molecule has 0 aliphatic carbocycles. The average molecular weight is 240 g/mol. The molecule has 0 aromatic carbocycles. The predicted octanol–water partition coefficient (Wildman–Crippen LogP) is 3.19. The first-order valence-electron chi connectivity index (χ1n) is 3.01. The number of rotatable bonds is 4. The lowest BCUT2D eigenvalue weighted by molar-refractivity contribution is -0.122. The fourth-order valence-electron chi connectivity index (χ4n) is 0.417. The molecule has 84 valence electrons. The van der Waals surface area contributed by atoms with Gasteiger partial charge >= 0.3 is 20.9 Å². The van der Waals surface area contributed by atoms with Crippen LogP contribution < -0.4 is 0 Å². The second-order valence-corrected chi connectivity index (χ2v) is 3.13. The summed E-state index contributed by atoms with van der Waals surface area (Å²) in [6.45, 7) is 0. The largest absolute Gasteiger partial charge is 0.455 e. The van der Waals surface area contributed by atoms with Crippen molar-refractivity contribution in [2.24, 2.45) is 0 Å². The van der Waals surface area contributed by atoms with Crippen molar-refractivity contribution in [3.63, 3.8) is 0 Å². The third-order valence-electron chi connectivity index (χ3n) is 0.893. The molecule has 0 radical (unpaired) electrons. The first-order valence-corrected chi connectivity index (χ1v) is 4.11. The Bertz CT molecular complexity index is 208. The smallest absolute Gasteiger partial charge is 0.416 e. The highest BCUT2D eigenvalue weighted by molar-refractivity contribution is 7.41. The van der Waals surface area contributed by atoms with Crippen LogP contribution in [0.3, 0.4) is 0 Å². The Kier molecular flexibility index (Phi) is 5.25. The van der Waals surface area contributed by atoms with Crippen molar-refractivity contribution in [1.29, 1.82) is 0 Å². The molecule has 9 heteroatoms. The van der Waals surface area contributed by atoms with Gasteiger partial charge in [0.1, 0.15) is 0 Å². The minimum atomic E-state index is -5.27. The minimum Gasteiger partial charge on any atom is -0.416 e. The molecule has 0 heterocycles. The molecule has 0 unspecified atom stereocenters. The summed E-state index contributed by atoms with van der Waals surface area (Å²) >= 11 is 0. The topological polar surface area (TPSA) is 27.7 Å². The van der Waals surface area contributed by atoms with Gasteiger partial charge in [0.05, 0.1) is 0 Å². The van der Waals surface area contributed by atoms with E-state index in [0.29, 0.717) is 0 Å². The Morgan fingerprint density at radius 1 is 1.07 bits per heavy atom. The first kappa shape index (κ1) is 13.5. The summed E-state index contributed by atoms with van der Waals surface area (Å²) in [4.78, 5) is 0. The van der Waals surface area contributed by atoms with Crippen LogP contribution in [0.25, 0.3) is 0 Å². The third kappa shape index (κ3) is 4.17. The lowest BCUT2D eigenvalue weighted by Crippen LogP contribution is -2.14. The number of allylic oxidation sites excluding steroid dienone is 1. The van der Waals surface area contributed by atoms with E-state index in [-0.39, 0.29) is 0 Å². The van der Waals surface area contributed by atoms with Crippen LogP contribution in [0, 0.1) is 0 Å². The van der Waals surface area contributed by atoms with Gasteiger partial charge in [-0.3, -0.25) is 0 Å². The fourth-order valence-corrected chi connectivity index (χ4v) is 1.04. The van der Waals surface area contributed by atoms with E-state index in [4.69, 9.17) is 0 Å². The lowest BCUT2D eigenvalue weighted by atomic mass is 10.5. The van der Waals surface area contributed by atoms with Crippen LogP contribution in [0.2, 0.25) is 0 Å². The molecule has 0 aromatic heterocycles. The molecule has 0 saturated heterocycles. The third-order valence-corrected chi connectivity index (χ3v) is 1.82. The van der Waals surface area contributed by atoms with E-state index < -0.39 is 26.6 Å². The van der Waals surface area contributed by atoms with Crippen molar-refractivity contribution in [2.75, 3.05) is 14.2 Å². The van der Waals surface area contributed by atoms with Gasteiger partial charge in [0.25, 0.3) is 5.76 Å². The molecule has 0 atom stereocenters. The second kappa shape index (κ2) is 5.43. The zero-order valence-corrected chi connectivity index (χ0v) is 7.96. The molecule has 0 aromatic rings. The van der Waals surface area contributed by atoms with Crippen LogP contribution in [0.5, 0.6) is 0 Å². The predicted molar refractivity (Wildman–Crippen MR) is 37.3 cm³/mol. The Morgan fingerprint density at radius 3 is 1.71 bits per heavy atom. The maximum Gasteiger partial charge on any atom is 0.455 e. The molecule has 14 heavy (non-hydrogen) atoms. The average Bonchev–Trinajstić information content (AvgIpc) is 2.03. The maximum atomic E-state index is 11.8. The van der Waals surface area contributed by atoms with Gasteiger partial charge in [0.2, 0.25) is 0 Å². The molecule has 0 rings (SSSR count). The van der Waals surface area contributed by atoms with Crippen LogP contribution in [0.1, 0.15) is 0 Å². The highest BCUT2D eigenvalue weighted by Crippen LogP contribution is 2.45. The highest BCUT2D eigenvalue weighted by Gasteiger charge is 2.42. The molecule has 0 spiro atoms. The quantitative estimate of drug-likeness (QED) is 0.429. The molecule has 3 nitrogen and oxygen atoms in total. The zero-order valence-electron chi connectivity index (χ0n) is 7.06. The van der Waals surface area contributed by atoms with E-state index >= 15 is 0 Å². The Morgan fingerprint density at radius 2 is 1.50 bits per heavy atom. The minimum absolute atomic E-state index is 0.972. The number of halogens is 5. The fraction of sp³-hybridized carbons (Fsp3) is 0.600. The van der Waals surface area contributed by atoms with E-state index in [1.807, 2.05) is 0 Å². The van der Waals surface area contributed by atoms with Crippen LogP contribution in [0.4, 0.5) is 22.0 Å². The number of alkyl halides is 3. The van der Waals surface area contributed by atoms with E-state index in [1.165, 1.54) is 0 Å². The molecule has 0 amide bonds. The van der Waals surface area contributed by atoms with Crippen molar-refractivity contribution in [1.82, 2.24) is 0 Å². The Labute approximate surface area is 77.4 Å². The van der Waals surface area contributed by atoms with E-state index in [2.05, 4.69) is 13.6 Å². The zero-order chi connectivity index (χ0) is 11.4. The lowest BCUT2D eigenvalue weighted by Gasteiger charge is -2.15. The van der Waals surface area contributed by atoms with Gasteiger partial charge in [-0.15, -0.1) is 0 Å². The number of hydrogen-bond acceptors (Lipinski definition) is 3. The summed E-state index contributed by atoms with van der Waals surface area (Å²) in [6, 6.07) is 0. The van der Waals surface area contributed by atoms with Crippen molar-refractivity contribution in [2.45, 2.75) is 6.18 Å². The molecular formula is C5H6F5O3P. The van der Waals surface area contributed by atoms with Gasteiger partial charge in [-0.05, 0) is 0 Å². The van der Waals surface area contributed by atoms with Crippen molar-refractivity contribution < 1.29 is 35.5 Å². The molecular weight excluding hydrogens is 234 g/mol. The normalized spacial score (nSPS) is 11.7. The van der Waals surface area contributed by atoms with E-state index in [0.717, 1.165) is 14.2 Å². The molecule has 0 aliphatic rings. The van der Waals surface area contributed by atoms with Gasteiger partial charge in [0, 0.05) is 14.2 Å². The molecule has 0 aliphatic heterocycles. The van der Waals surface area contributed by atoms with Crippen molar-refractivity contribution in [3.8, 4) is 0 Å². The highest BCUT2D eigenvalue weighted by atomic mass is 31.2. The van der Waals surface area contributed by atoms with Crippen LogP contribution in [0.15, 0.2) is 11.8 Å². The molecule has 0 saturated carbocycles. The van der Waals surface area contributed by atoms with Gasteiger partial charge in [-0.25, -0.2) is 0 Å². The van der Waals surface area contributed by atoms with Crippen LogP contribution in [-0.2, 0) is 13.6 Å². The van der Waals surface area contributed by atoms with Gasteiger partial charge in [-0.1, -0.05) is 0 Å². The van der Waals surface area contributed by atoms with Crippen molar-refractivity contribution >= 4 is 8.60 Å². The van der Waals surface area contributed by atoms with Crippen molar-refractivity contribution in [3.05, 3.63) is 11.8 Å². The monoisotopic (exact) mass is 240 g/mol. The molecule has 0 N–H and O–H groups in total. The summed E-state index contributed by atoms with van der Waals surface area (Å²) in [6.07, 6.45) is -8.24. The summed E-state index contributed by atoms with van der Waals surface area (Å²) in [5.41, 5.74) is 0. The Balaban J connectivity index is 4.65. The number of hydrogen-bond donors (Lipinski definition) is 0. The van der Waals surface area contributed by atoms with E-state index in [9.17, 15) is 22.0 Å².